The normalized spacial score (nSPS) is 19.4. The highest BCUT2D eigenvalue weighted by Crippen LogP contribution is 2.32. The topological polar surface area (TPSA) is 134 Å². The minimum atomic E-state index is -3.26. The molecule has 0 radical (unpaired) electrons. The van der Waals surface area contributed by atoms with Gasteiger partial charge in [0.25, 0.3) is 0 Å². The predicted octanol–water partition coefficient (Wildman–Crippen LogP) is 2.10. The first-order valence-corrected chi connectivity index (χ1v) is 14.0. The summed E-state index contributed by atoms with van der Waals surface area (Å²) in [6, 6.07) is 0.0540. The molecule has 1 unspecified atom stereocenters. The highest BCUT2D eigenvalue weighted by Gasteiger charge is 2.33. The van der Waals surface area contributed by atoms with Gasteiger partial charge in [0, 0.05) is 30.9 Å². The van der Waals surface area contributed by atoms with E-state index >= 15 is 0 Å². The van der Waals surface area contributed by atoms with E-state index in [1.165, 1.54) is 0 Å². The lowest BCUT2D eigenvalue weighted by Crippen LogP contribution is -2.48. The number of sulfonamides is 1. The molecule has 2 N–H and O–H groups in total. The molecule has 12 nitrogen and oxygen atoms in total. The standard InChI is InChI=1S/C23H37N9O3S/c1-16(2)35-21-20(18-12-25-26-13-18)24-15-32-22(21)28-23(29-32)27-19-8-10-31(14-17(19)3)36(33,34)11-7-6-9-30(4)5/h12-13,15-17,19H,6-11,14H2,1-5H3,(H,25,26)(H,27,29)/t17-,19?/m1/s1. The van der Waals surface area contributed by atoms with Gasteiger partial charge in [0.15, 0.2) is 5.75 Å². The number of nitrogens with one attached hydrogen (secondary N) is 2. The van der Waals surface area contributed by atoms with Gasteiger partial charge in [-0.2, -0.15) is 14.6 Å². The lowest BCUT2D eigenvalue weighted by molar-refractivity contribution is 0.244. The highest BCUT2D eigenvalue weighted by molar-refractivity contribution is 7.89. The van der Waals surface area contributed by atoms with Crippen LogP contribution in [0.3, 0.4) is 0 Å². The second-order valence-electron chi connectivity index (χ2n) is 9.98. The average Bonchev–Trinajstić information content (AvgIpc) is 3.48. The van der Waals surface area contributed by atoms with Crippen LogP contribution in [0, 0.1) is 5.92 Å². The molecule has 2 atom stereocenters. The zero-order valence-corrected chi connectivity index (χ0v) is 22.5. The van der Waals surface area contributed by atoms with E-state index in [-0.39, 0.29) is 23.8 Å². The third-order valence-corrected chi connectivity index (χ3v) is 8.23. The predicted molar refractivity (Wildman–Crippen MR) is 138 cm³/mol. The fraction of sp³-hybridized carbons (Fsp3) is 0.652. The molecule has 13 heteroatoms. The Hall–Kier alpha value is -2.77. The summed E-state index contributed by atoms with van der Waals surface area (Å²) in [5, 5.41) is 14.8. The average molecular weight is 520 g/mol. The number of piperidine rings is 1. The van der Waals surface area contributed by atoms with Crippen molar-refractivity contribution in [1.29, 1.82) is 0 Å². The molecular formula is C23H37N9O3S. The smallest absolute Gasteiger partial charge is 0.243 e. The summed E-state index contributed by atoms with van der Waals surface area (Å²) in [4.78, 5) is 11.3. The van der Waals surface area contributed by atoms with E-state index in [1.807, 2.05) is 27.9 Å². The van der Waals surface area contributed by atoms with Crippen LogP contribution in [-0.4, -0.2) is 99.0 Å². The van der Waals surface area contributed by atoms with Crippen molar-refractivity contribution in [3.63, 3.8) is 0 Å². The minimum absolute atomic E-state index is 0.0540. The van der Waals surface area contributed by atoms with Crippen molar-refractivity contribution in [2.75, 3.05) is 44.8 Å². The number of hydrogen-bond acceptors (Lipinski definition) is 9. The molecule has 0 saturated carbocycles. The molecule has 0 bridgehead atoms. The maximum atomic E-state index is 12.8. The fourth-order valence-electron chi connectivity index (χ4n) is 4.41. The van der Waals surface area contributed by atoms with Crippen molar-refractivity contribution >= 4 is 21.6 Å². The van der Waals surface area contributed by atoms with Crippen molar-refractivity contribution in [3.05, 3.63) is 18.7 Å². The van der Waals surface area contributed by atoms with Crippen LogP contribution >= 0.6 is 0 Å². The first-order chi connectivity index (χ1) is 17.1. The maximum absolute atomic E-state index is 12.8. The molecule has 4 rings (SSSR count). The van der Waals surface area contributed by atoms with Gasteiger partial charge in [0.05, 0.1) is 18.1 Å². The molecule has 0 aliphatic carbocycles. The van der Waals surface area contributed by atoms with Gasteiger partial charge in [-0.25, -0.2) is 17.7 Å². The van der Waals surface area contributed by atoms with E-state index in [2.05, 4.69) is 37.4 Å². The van der Waals surface area contributed by atoms with Crippen LogP contribution in [0.1, 0.15) is 40.0 Å². The Morgan fingerprint density at radius 2 is 2.11 bits per heavy atom. The number of fused-ring (bicyclic) bond motifs is 1. The number of nitrogens with zero attached hydrogens (tertiary/aromatic N) is 7. The molecule has 3 aromatic rings. The van der Waals surface area contributed by atoms with Crippen LogP contribution in [0.4, 0.5) is 5.95 Å². The molecule has 1 aliphatic rings. The minimum Gasteiger partial charge on any atom is -0.485 e. The Morgan fingerprint density at radius 1 is 1.31 bits per heavy atom. The van der Waals surface area contributed by atoms with E-state index in [0.717, 1.165) is 18.5 Å². The molecule has 36 heavy (non-hydrogen) atoms. The number of anilines is 1. The number of aromatic nitrogens is 6. The molecule has 0 aromatic carbocycles. The van der Waals surface area contributed by atoms with E-state index < -0.39 is 10.0 Å². The number of aromatic amines is 1. The number of ether oxygens (including phenoxy) is 1. The van der Waals surface area contributed by atoms with Crippen molar-refractivity contribution < 1.29 is 13.2 Å². The summed E-state index contributed by atoms with van der Waals surface area (Å²) < 4.78 is 35.0. The fourth-order valence-corrected chi connectivity index (χ4v) is 6.08. The zero-order chi connectivity index (χ0) is 25.9. The van der Waals surface area contributed by atoms with Crippen LogP contribution in [0.5, 0.6) is 5.75 Å². The van der Waals surface area contributed by atoms with Gasteiger partial charge in [-0.15, -0.1) is 5.10 Å². The largest absolute Gasteiger partial charge is 0.485 e. The van der Waals surface area contributed by atoms with E-state index in [9.17, 15) is 8.42 Å². The van der Waals surface area contributed by atoms with Crippen molar-refractivity contribution in [1.82, 2.24) is 39.0 Å². The molecule has 1 fully saturated rings. The number of rotatable bonds is 11. The Balaban J connectivity index is 1.45. The Kier molecular flexibility index (Phi) is 8.10. The monoisotopic (exact) mass is 519 g/mol. The van der Waals surface area contributed by atoms with Crippen LogP contribution in [-0.2, 0) is 10.0 Å². The lowest BCUT2D eigenvalue weighted by Gasteiger charge is -2.36. The summed E-state index contributed by atoms with van der Waals surface area (Å²) in [6.07, 6.45) is 7.21. The Labute approximate surface area is 212 Å². The van der Waals surface area contributed by atoms with E-state index in [1.54, 1.807) is 27.5 Å². The summed E-state index contributed by atoms with van der Waals surface area (Å²) in [5.41, 5.74) is 2.00. The molecular weight excluding hydrogens is 482 g/mol. The number of hydrogen-bond donors (Lipinski definition) is 2. The zero-order valence-electron chi connectivity index (χ0n) is 21.7. The number of unbranched alkanes of at least 4 members (excludes halogenated alkanes) is 1. The van der Waals surface area contributed by atoms with Crippen LogP contribution < -0.4 is 10.1 Å². The molecule has 1 aliphatic heterocycles. The SMILES string of the molecule is CC(C)Oc1c(-c2cn[nH]c2)ncn2nc(NC3CCN(S(=O)(=O)CCCCN(C)C)C[C@H]3C)nc12. The Bertz CT molecular complexity index is 1240. The van der Waals surface area contributed by atoms with Gasteiger partial charge in [-0.1, -0.05) is 6.92 Å². The van der Waals surface area contributed by atoms with Gasteiger partial charge < -0.3 is 15.0 Å². The maximum Gasteiger partial charge on any atom is 0.243 e. The van der Waals surface area contributed by atoms with Crippen LogP contribution in [0.2, 0.25) is 0 Å². The third-order valence-electron chi connectivity index (χ3n) is 6.30. The molecule has 1 saturated heterocycles. The van der Waals surface area contributed by atoms with E-state index in [0.29, 0.717) is 49.0 Å². The van der Waals surface area contributed by atoms with Gasteiger partial charge in [-0.3, -0.25) is 5.10 Å². The lowest BCUT2D eigenvalue weighted by atomic mass is 9.95. The van der Waals surface area contributed by atoms with Crippen LogP contribution in [0.15, 0.2) is 18.7 Å². The summed E-state index contributed by atoms with van der Waals surface area (Å²) in [6.45, 7) is 7.82. The first-order valence-electron chi connectivity index (χ1n) is 12.4. The van der Waals surface area contributed by atoms with Gasteiger partial charge >= 0.3 is 0 Å². The van der Waals surface area contributed by atoms with Gasteiger partial charge in [0.2, 0.25) is 21.6 Å². The summed E-state index contributed by atoms with van der Waals surface area (Å²) in [7, 11) is 0.743. The molecule has 0 amide bonds. The molecule has 198 valence electrons. The van der Waals surface area contributed by atoms with E-state index in [4.69, 9.17) is 9.72 Å². The van der Waals surface area contributed by atoms with Gasteiger partial charge in [0.1, 0.15) is 12.0 Å². The highest BCUT2D eigenvalue weighted by atomic mass is 32.2. The number of H-pyrrole nitrogens is 1. The molecule has 3 aromatic heterocycles. The van der Waals surface area contributed by atoms with Crippen LogP contribution in [0.25, 0.3) is 16.9 Å². The summed E-state index contributed by atoms with van der Waals surface area (Å²) >= 11 is 0. The second-order valence-corrected chi connectivity index (χ2v) is 12.1. The van der Waals surface area contributed by atoms with Crippen molar-refractivity contribution in [2.24, 2.45) is 5.92 Å². The quantitative estimate of drug-likeness (QED) is 0.365. The van der Waals surface area contributed by atoms with Crippen molar-refractivity contribution in [3.8, 4) is 17.0 Å². The van der Waals surface area contributed by atoms with Gasteiger partial charge in [-0.05, 0) is 59.7 Å². The first kappa shape index (κ1) is 26.3. The molecule has 0 spiro atoms. The Morgan fingerprint density at radius 3 is 2.78 bits per heavy atom. The summed E-state index contributed by atoms with van der Waals surface area (Å²) in [5.74, 6) is 1.31. The third kappa shape index (κ3) is 6.13. The van der Waals surface area contributed by atoms with Crippen molar-refractivity contribution in [2.45, 2.75) is 52.2 Å². The molecule has 4 heterocycles. The second kappa shape index (κ2) is 11.1.